The Morgan fingerprint density at radius 2 is 2.05 bits per heavy atom. The molecule has 0 saturated heterocycles. The van der Waals surface area contributed by atoms with E-state index in [1.165, 1.54) is 12.1 Å². The third-order valence-electron chi connectivity index (χ3n) is 2.88. The summed E-state index contributed by atoms with van der Waals surface area (Å²) in [5.74, 6) is -1.07. The highest BCUT2D eigenvalue weighted by atomic mass is 32.2. The van der Waals surface area contributed by atoms with Crippen LogP contribution in [-0.4, -0.2) is 9.97 Å². The maximum absolute atomic E-state index is 13.8. The van der Waals surface area contributed by atoms with Crippen LogP contribution in [0.1, 0.15) is 11.8 Å². The van der Waals surface area contributed by atoms with Gasteiger partial charge in [0.05, 0.1) is 0 Å². The molecule has 0 atom stereocenters. The van der Waals surface area contributed by atoms with E-state index in [0.29, 0.717) is 9.92 Å². The number of hydrogen-bond donors (Lipinski definition) is 1. The first-order chi connectivity index (χ1) is 10.1. The van der Waals surface area contributed by atoms with Gasteiger partial charge in [-0.3, -0.25) is 0 Å². The van der Waals surface area contributed by atoms with Crippen molar-refractivity contribution in [2.24, 2.45) is 0 Å². The van der Waals surface area contributed by atoms with E-state index < -0.39 is 11.6 Å². The van der Waals surface area contributed by atoms with Crippen molar-refractivity contribution in [1.82, 2.24) is 9.97 Å². The minimum atomic E-state index is -0.615. The SMILES string of the molecule is CCc1cc2c(Sc3ccc(F)cc3F)nc(N)nc2s1. The lowest BCUT2D eigenvalue weighted by atomic mass is 10.3. The summed E-state index contributed by atoms with van der Waals surface area (Å²) in [4.78, 5) is 10.6. The van der Waals surface area contributed by atoms with Gasteiger partial charge in [-0.25, -0.2) is 18.7 Å². The molecule has 0 amide bonds. The molecule has 1 aromatic carbocycles. The van der Waals surface area contributed by atoms with Gasteiger partial charge in [-0.15, -0.1) is 11.3 Å². The highest BCUT2D eigenvalue weighted by Crippen LogP contribution is 2.36. The van der Waals surface area contributed by atoms with Gasteiger partial charge in [0.25, 0.3) is 0 Å². The Morgan fingerprint density at radius 1 is 1.24 bits per heavy atom. The van der Waals surface area contributed by atoms with Crippen LogP contribution in [0, 0.1) is 11.6 Å². The third-order valence-corrected chi connectivity index (χ3v) is 5.10. The van der Waals surface area contributed by atoms with Gasteiger partial charge in [-0.2, -0.15) is 0 Å². The number of nitrogen functional groups attached to an aromatic ring is 1. The molecule has 0 bridgehead atoms. The Kier molecular flexibility index (Phi) is 3.77. The van der Waals surface area contributed by atoms with Crippen LogP contribution in [0.15, 0.2) is 34.2 Å². The highest BCUT2D eigenvalue weighted by Gasteiger charge is 2.14. The van der Waals surface area contributed by atoms with E-state index in [0.717, 1.165) is 39.3 Å². The fraction of sp³-hybridized carbons (Fsp3) is 0.143. The summed E-state index contributed by atoms with van der Waals surface area (Å²) in [5, 5.41) is 1.43. The Balaban J connectivity index is 2.08. The largest absolute Gasteiger partial charge is 0.368 e. The molecule has 21 heavy (non-hydrogen) atoms. The standard InChI is InChI=1S/C14H11F2N3S2/c1-2-8-6-9-12(20-8)18-14(17)19-13(9)21-11-4-3-7(15)5-10(11)16/h3-6H,2H2,1H3,(H2,17,18,19). The summed E-state index contributed by atoms with van der Waals surface area (Å²) in [6, 6.07) is 5.46. The number of benzene rings is 1. The van der Waals surface area contributed by atoms with Crippen molar-refractivity contribution < 1.29 is 8.78 Å². The molecule has 0 unspecified atom stereocenters. The summed E-state index contributed by atoms with van der Waals surface area (Å²) >= 11 is 2.67. The lowest BCUT2D eigenvalue weighted by Crippen LogP contribution is -1.96. The van der Waals surface area contributed by atoms with Crippen molar-refractivity contribution in [3.05, 3.63) is 40.8 Å². The fourth-order valence-electron chi connectivity index (χ4n) is 1.88. The number of nitrogens with zero attached hydrogens (tertiary/aromatic N) is 2. The molecule has 0 spiro atoms. The molecule has 0 aliphatic rings. The molecule has 3 aromatic rings. The molecule has 3 nitrogen and oxygen atoms in total. The van der Waals surface area contributed by atoms with Crippen LogP contribution < -0.4 is 5.73 Å². The van der Waals surface area contributed by atoms with Gasteiger partial charge >= 0.3 is 0 Å². The molecule has 0 saturated carbocycles. The number of thiophene rings is 1. The Hall–Kier alpha value is -1.73. The predicted molar refractivity (Wildman–Crippen MR) is 81.7 cm³/mol. The first-order valence-electron chi connectivity index (χ1n) is 6.25. The van der Waals surface area contributed by atoms with Crippen LogP contribution in [0.25, 0.3) is 10.2 Å². The molecular formula is C14H11F2N3S2. The van der Waals surface area contributed by atoms with Crippen LogP contribution >= 0.6 is 23.1 Å². The molecule has 0 fully saturated rings. The predicted octanol–water partition coefficient (Wildman–Crippen LogP) is 4.27. The van der Waals surface area contributed by atoms with E-state index in [-0.39, 0.29) is 5.95 Å². The van der Waals surface area contributed by atoms with Gasteiger partial charge in [0.1, 0.15) is 21.5 Å². The van der Waals surface area contributed by atoms with E-state index in [1.54, 1.807) is 11.3 Å². The molecule has 7 heteroatoms. The van der Waals surface area contributed by atoms with Crippen LogP contribution in [-0.2, 0) is 6.42 Å². The third kappa shape index (κ3) is 2.84. The summed E-state index contributed by atoms with van der Waals surface area (Å²) < 4.78 is 26.7. The molecule has 2 aromatic heterocycles. The van der Waals surface area contributed by atoms with Crippen LogP contribution in [0.5, 0.6) is 0 Å². The number of hydrogen-bond acceptors (Lipinski definition) is 5. The van der Waals surface area contributed by atoms with Gasteiger partial charge in [-0.05, 0) is 24.6 Å². The summed E-state index contributed by atoms with van der Waals surface area (Å²) in [7, 11) is 0. The zero-order chi connectivity index (χ0) is 15.0. The average Bonchev–Trinajstić information content (AvgIpc) is 2.85. The number of halogens is 2. The highest BCUT2D eigenvalue weighted by molar-refractivity contribution is 7.99. The van der Waals surface area contributed by atoms with Crippen molar-refractivity contribution in [1.29, 1.82) is 0 Å². The van der Waals surface area contributed by atoms with Crippen molar-refractivity contribution in [2.45, 2.75) is 23.3 Å². The molecule has 3 rings (SSSR count). The topological polar surface area (TPSA) is 51.8 Å². The zero-order valence-corrected chi connectivity index (χ0v) is 12.7. The molecule has 0 aliphatic carbocycles. The molecular weight excluding hydrogens is 312 g/mol. The lowest BCUT2D eigenvalue weighted by molar-refractivity contribution is 0.565. The summed E-state index contributed by atoms with van der Waals surface area (Å²) in [6.45, 7) is 2.05. The summed E-state index contributed by atoms with van der Waals surface area (Å²) in [6.07, 6.45) is 0.885. The second-order valence-electron chi connectivity index (χ2n) is 4.35. The number of aromatic nitrogens is 2. The fourth-order valence-corrected chi connectivity index (χ4v) is 3.82. The average molecular weight is 323 g/mol. The van der Waals surface area contributed by atoms with Crippen molar-refractivity contribution in [3.8, 4) is 0 Å². The first kappa shape index (κ1) is 14.2. The van der Waals surface area contributed by atoms with E-state index in [4.69, 9.17) is 5.73 Å². The van der Waals surface area contributed by atoms with E-state index in [2.05, 4.69) is 9.97 Å². The Morgan fingerprint density at radius 3 is 2.76 bits per heavy atom. The van der Waals surface area contributed by atoms with Crippen LogP contribution in [0.3, 0.4) is 0 Å². The maximum Gasteiger partial charge on any atom is 0.222 e. The molecule has 2 heterocycles. The number of anilines is 1. The first-order valence-corrected chi connectivity index (χ1v) is 7.89. The zero-order valence-electron chi connectivity index (χ0n) is 11.1. The van der Waals surface area contributed by atoms with E-state index in [9.17, 15) is 8.78 Å². The van der Waals surface area contributed by atoms with Gasteiger partial charge < -0.3 is 5.73 Å². The van der Waals surface area contributed by atoms with Gasteiger partial charge in [0.2, 0.25) is 5.95 Å². The molecule has 0 aliphatic heterocycles. The Labute approximate surface area is 128 Å². The van der Waals surface area contributed by atoms with Gasteiger partial charge in [0.15, 0.2) is 0 Å². The number of aryl methyl sites for hydroxylation is 1. The van der Waals surface area contributed by atoms with E-state index in [1.807, 2.05) is 13.0 Å². The van der Waals surface area contributed by atoms with Gasteiger partial charge in [-0.1, -0.05) is 18.7 Å². The second-order valence-corrected chi connectivity index (χ2v) is 6.49. The van der Waals surface area contributed by atoms with Crippen LogP contribution in [0.2, 0.25) is 0 Å². The minimum Gasteiger partial charge on any atom is -0.368 e. The normalized spacial score (nSPS) is 11.2. The monoisotopic (exact) mass is 323 g/mol. The number of nitrogens with two attached hydrogens (primary N) is 1. The summed E-state index contributed by atoms with van der Waals surface area (Å²) in [5.41, 5.74) is 5.71. The van der Waals surface area contributed by atoms with E-state index >= 15 is 0 Å². The quantitative estimate of drug-likeness (QED) is 0.732. The molecule has 108 valence electrons. The number of fused-ring (bicyclic) bond motifs is 1. The van der Waals surface area contributed by atoms with Crippen molar-refractivity contribution in [3.63, 3.8) is 0 Å². The molecule has 0 radical (unpaired) electrons. The molecule has 2 N–H and O–H groups in total. The van der Waals surface area contributed by atoms with Crippen LogP contribution in [0.4, 0.5) is 14.7 Å². The maximum atomic E-state index is 13.8. The van der Waals surface area contributed by atoms with Crippen molar-refractivity contribution in [2.75, 3.05) is 5.73 Å². The van der Waals surface area contributed by atoms with Gasteiger partial charge in [0, 0.05) is 21.2 Å². The van der Waals surface area contributed by atoms with Crippen molar-refractivity contribution >= 4 is 39.3 Å². The lowest BCUT2D eigenvalue weighted by Gasteiger charge is -2.04. The smallest absolute Gasteiger partial charge is 0.222 e. The second kappa shape index (κ2) is 5.57. The minimum absolute atomic E-state index is 0.150. The Bertz CT molecular complexity index is 817. The number of rotatable bonds is 3.